The van der Waals surface area contributed by atoms with Crippen LogP contribution in [0.4, 0.5) is 0 Å². The second-order valence-electron chi connectivity index (χ2n) is 6.65. The van der Waals surface area contributed by atoms with Gasteiger partial charge in [0.05, 0.1) is 6.42 Å². The van der Waals surface area contributed by atoms with Crippen LogP contribution in [-0.2, 0) is 22.4 Å². The Balaban J connectivity index is 1.42. The van der Waals surface area contributed by atoms with Crippen molar-refractivity contribution in [1.29, 1.82) is 0 Å². The van der Waals surface area contributed by atoms with Gasteiger partial charge in [0.1, 0.15) is 5.75 Å². The van der Waals surface area contributed by atoms with Crippen LogP contribution in [0.15, 0.2) is 66.7 Å². The topological polar surface area (TPSA) is 79.5 Å². The average Bonchev–Trinajstić information content (AvgIpc) is 2.77. The molecular formula is C23H23N3O3S. The molecule has 0 aromatic heterocycles. The number of carbonyl (C=O) groups excluding carboxylic acids is 2. The molecule has 0 saturated heterocycles. The minimum atomic E-state index is -0.421. The molecule has 6 nitrogen and oxygen atoms in total. The molecule has 0 bridgehead atoms. The highest BCUT2D eigenvalue weighted by Crippen LogP contribution is 2.18. The molecule has 0 atom stereocenters. The summed E-state index contributed by atoms with van der Waals surface area (Å²) in [5.74, 6) is -0.0878. The van der Waals surface area contributed by atoms with Crippen LogP contribution in [0, 0.1) is 0 Å². The first-order chi connectivity index (χ1) is 14.5. The number of nitrogens with one attached hydrogen (secondary N) is 3. The first kappa shape index (κ1) is 21.3. The monoisotopic (exact) mass is 421 g/mol. The molecule has 2 amide bonds. The Morgan fingerprint density at radius 1 is 0.900 bits per heavy atom. The number of thiocarbonyl (C=S) groups is 1. The second-order valence-corrected chi connectivity index (χ2v) is 7.06. The molecule has 0 aliphatic carbocycles. The van der Waals surface area contributed by atoms with E-state index in [0.717, 1.165) is 22.8 Å². The fourth-order valence-corrected chi connectivity index (χ4v) is 3.12. The van der Waals surface area contributed by atoms with E-state index in [4.69, 9.17) is 17.0 Å². The van der Waals surface area contributed by atoms with Crippen LogP contribution >= 0.6 is 12.2 Å². The molecule has 0 spiro atoms. The molecule has 3 aromatic carbocycles. The lowest BCUT2D eigenvalue weighted by atomic mass is 10.0. The SMILES string of the molecule is CCc1ccc(OCC(=O)NC(=S)NNC(=O)Cc2cccc3ccccc23)cc1. The molecule has 7 heteroatoms. The van der Waals surface area contributed by atoms with E-state index in [1.165, 1.54) is 5.56 Å². The fourth-order valence-electron chi connectivity index (χ4n) is 2.95. The van der Waals surface area contributed by atoms with Gasteiger partial charge in [-0.3, -0.25) is 25.8 Å². The van der Waals surface area contributed by atoms with Gasteiger partial charge in [-0.2, -0.15) is 0 Å². The van der Waals surface area contributed by atoms with E-state index >= 15 is 0 Å². The fraction of sp³-hybridized carbons (Fsp3) is 0.174. The van der Waals surface area contributed by atoms with Crippen LogP contribution in [0.5, 0.6) is 5.75 Å². The highest BCUT2D eigenvalue weighted by Gasteiger charge is 2.09. The third-order valence-electron chi connectivity index (χ3n) is 4.50. The van der Waals surface area contributed by atoms with Gasteiger partial charge in [0, 0.05) is 0 Å². The normalized spacial score (nSPS) is 10.3. The first-order valence-electron chi connectivity index (χ1n) is 9.62. The van der Waals surface area contributed by atoms with E-state index in [1.807, 2.05) is 66.7 Å². The molecule has 0 radical (unpaired) electrons. The summed E-state index contributed by atoms with van der Waals surface area (Å²) in [6.45, 7) is 1.88. The van der Waals surface area contributed by atoms with Crippen molar-refractivity contribution >= 4 is 39.9 Å². The number of ether oxygens (including phenoxy) is 1. The Morgan fingerprint density at radius 2 is 1.63 bits per heavy atom. The average molecular weight is 422 g/mol. The van der Waals surface area contributed by atoms with Crippen molar-refractivity contribution in [2.45, 2.75) is 19.8 Å². The number of hydrazine groups is 1. The standard InChI is InChI=1S/C23H23N3O3S/c1-2-16-10-12-19(13-11-16)29-15-22(28)24-23(30)26-25-21(27)14-18-8-5-7-17-6-3-4-9-20(17)18/h3-13H,2,14-15H2,1H3,(H,25,27)(H2,24,26,28,30). The number of hydrogen-bond acceptors (Lipinski definition) is 4. The van der Waals surface area contributed by atoms with Gasteiger partial charge in [0.25, 0.3) is 5.91 Å². The van der Waals surface area contributed by atoms with E-state index in [1.54, 1.807) is 0 Å². The maximum atomic E-state index is 12.2. The summed E-state index contributed by atoms with van der Waals surface area (Å²) in [6, 6.07) is 21.2. The highest BCUT2D eigenvalue weighted by molar-refractivity contribution is 7.80. The van der Waals surface area contributed by atoms with Crippen LogP contribution < -0.4 is 20.9 Å². The van der Waals surface area contributed by atoms with Crippen molar-refractivity contribution in [1.82, 2.24) is 16.2 Å². The molecule has 3 rings (SSSR count). The Bertz CT molecular complexity index is 1050. The van der Waals surface area contributed by atoms with Gasteiger partial charge in [-0.1, -0.05) is 61.5 Å². The minimum absolute atomic E-state index is 0.00352. The molecule has 154 valence electrons. The molecule has 0 aliphatic rings. The van der Waals surface area contributed by atoms with Crippen molar-refractivity contribution in [3.05, 3.63) is 77.9 Å². The Labute approximate surface area is 180 Å². The van der Waals surface area contributed by atoms with E-state index in [0.29, 0.717) is 5.75 Å². The van der Waals surface area contributed by atoms with E-state index in [2.05, 4.69) is 23.1 Å². The summed E-state index contributed by atoms with van der Waals surface area (Å²) in [5.41, 5.74) is 7.14. The lowest BCUT2D eigenvalue weighted by molar-refractivity contribution is -0.122. The number of fused-ring (bicyclic) bond motifs is 1. The number of aryl methyl sites for hydroxylation is 1. The lowest BCUT2D eigenvalue weighted by Gasteiger charge is -2.12. The van der Waals surface area contributed by atoms with Gasteiger partial charge >= 0.3 is 0 Å². The van der Waals surface area contributed by atoms with Gasteiger partial charge < -0.3 is 4.74 Å². The van der Waals surface area contributed by atoms with Gasteiger partial charge in [-0.05, 0) is 52.7 Å². The highest BCUT2D eigenvalue weighted by atomic mass is 32.1. The van der Waals surface area contributed by atoms with Crippen LogP contribution in [0.2, 0.25) is 0 Å². The van der Waals surface area contributed by atoms with Crippen molar-refractivity contribution in [2.75, 3.05) is 6.61 Å². The van der Waals surface area contributed by atoms with Gasteiger partial charge in [-0.25, -0.2) is 0 Å². The van der Waals surface area contributed by atoms with Crippen molar-refractivity contribution in [3.8, 4) is 5.75 Å². The van der Waals surface area contributed by atoms with Crippen molar-refractivity contribution in [2.24, 2.45) is 0 Å². The zero-order valence-corrected chi connectivity index (χ0v) is 17.4. The number of carbonyl (C=O) groups is 2. The number of rotatable bonds is 6. The zero-order chi connectivity index (χ0) is 21.3. The predicted octanol–water partition coefficient (Wildman–Crippen LogP) is 3.05. The molecule has 0 unspecified atom stereocenters. The van der Waals surface area contributed by atoms with Gasteiger partial charge in [-0.15, -0.1) is 0 Å². The van der Waals surface area contributed by atoms with Crippen molar-refractivity contribution in [3.63, 3.8) is 0 Å². The molecular weight excluding hydrogens is 398 g/mol. The van der Waals surface area contributed by atoms with E-state index < -0.39 is 5.91 Å². The number of hydrogen-bond donors (Lipinski definition) is 3. The van der Waals surface area contributed by atoms with Crippen LogP contribution in [0.25, 0.3) is 10.8 Å². The third kappa shape index (κ3) is 6.02. The molecule has 0 heterocycles. The maximum absolute atomic E-state index is 12.2. The number of amides is 2. The first-order valence-corrected chi connectivity index (χ1v) is 10.0. The summed E-state index contributed by atoms with van der Waals surface area (Å²) in [5, 5.41) is 4.56. The van der Waals surface area contributed by atoms with Crippen LogP contribution in [0.3, 0.4) is 0 Å². The molecule has 0 saturated carbocycles. The van der Waals surface area contributed by atoms with Crippen LogP contribution in [0.1, 0.15) is 18.1 Å². The minimum Gasteiger partial charge on any atom is -0.484 e. The molecule has 3 aromatic rings. The van der Waals surface area contributed by atoms with Crippen molar-refractivity contribution < 1.29 is 14.3 Å². The third-order valence-corrected chi connectivity index (χ3v) is 4.70. The number of benzene rings is 3. The van der Waals surface area contributed by atoms with Gasteiger partial charge in [0.2, 0.25) is 5.91 Å². The summed E-state index contributed by atoms with van der Waals surface area (Å²) in [7, 11) is 0. The molecule has 3 N–H and O–H groups in total. The second kappa shape index (κ2) is 10.4. The largest absolute Gasteiger partial charge is 0.484 e. The Kier molecular flexibility index (Phi) is 7.34. The quantitative estimate of drug-likeness (QED) is 0.421. The summed E-state index contributed by atoms with van der Waals surface area (Å²) in [4.78, 5) is 24.2. The summed E-state index contributed by atoms with van der Waals surface area (Å²) < 4.78 is 5.43. The predicted molar refractivity (Wildman–Crippen MR) is 121 cm³/mol. The zero-order valence-electron chi connectivity index (χ0n) is 16.6. The van der Waals surface area contributed by atoms with E-state index in [9.17, 15) is 9.59 Å². The Morgan fingerprint density at radius 3 is 2.40 bits per heavy atom. The van der Waals surface area contributed by atoms with Crippen LogP contribution in [-0.4, -0.2) is 23.5 Å². The maximum Gasteiger partial charge on any atom is 0.264 e. The van der Waals surface area contributed by atoms with Gasteiger partial charge in [0.15, 0.2) is 11.7 Å². The lowest BCUT2D eigenvalue weighted by Crippen LogP contribution is -2.49. The molecule has 0 fully saturated rings. The summed E-state index contributed by atoms with van der Waals surface area (Å²) >= 11 is 5.04. The van der Waals surface area contributed by atoms with E-state index in [-0.39, 0.29) is 24.0 Å². The Hall–Kier alpha value is -3.45. The summed E-state index contributed by atoms with van der Waals surface area (Å²) in [6.07, 6.45) is 1.12. The molecule has 30 heavy (non-hydrogen) atoms. The smallest absolute Gasteiger partial charge is 0.264 e. The molecule has 0 aliphatic heterocycles.